The van der Waals surface area contributed by atoms with Gasteiger partial charge < -0.3 is 0 Å². The molecule has 0 unspecified atom stereocenters. The normalized spacial score (nSPS) is 10.3. The van der Waals surface area contributed by atoms with Gasteiger partial charge in [0.05, 0.1) is 0 Å². The van der Waals surface area contributed by atoms with E-state index in [1.165, 1.54) is 11.3 Å². The largest absolute Gasteiger partial charge is 0.142 e. The Balaban J connectivity index is 2.57. The number of thiophene rings is 1. The van der Waals surface area contributed by atoms with E-state index >= 15 is 0 Å². The maximum Gasteiger partial charge on any atom is 0.0485 e. The third-order valence-corrected chi connectivity index (χ3v) is 2.90. The molecule has 0 fully saturated rings. The fourth-order valence-electron chi connectivity index (χ4n) is 1.09. The smallest absolute Gasteiger partial charge is 0.0485 e. The van der Waals surface area contributed by atoms with Gasteiger partial charge in [0.2, 0.25) is 0 Å². The van der Waals surface area contributed by atoms with Gasteiger partial charge in [-0.15, -0.1) is 11.3 Å². The van der Waals surface area contributed by atoms with E-state index in [1.54, 1.807) is 12.1 Å². The second-order valence-electron chi connectivity index (χ2n) is 2.58. The Bertz CT molecular complexity index is 407. The van der Waals surface area contributed by atoms with Gasteiger partial charge in [-0.3, -0.25) is 0 Å². The van der Waals surface area contributed by atoms with Crippen LogP contribution in [0, 0.1) is 5.38 Å². The summed E-state index contributed by atoms with van der Waals surface area (Å²) >= 11 is 13.4. The van der Waals surface area contributed by atoms with Gasteiger partial charge in [-0.2, -0.15) is 0 Å². The van der Waals surface area contributed by atoms with E-state index in [2.05, 4.69) is 5.38 Å². The molecule has 0 saturated carbocycles. The molecular weight excluding hydrogens is 223 g/mol. The molecule has 3 heteroatoms. The zero-order chi connectivity index (χ0) is 9.26. The van der Waals surface area contributed by atoms with Gasteiger partial charge in [-0.05, 0) is 35.2 Å². The highest BCUT2D eigenvalue weighted by molar-refractivity contribution is 7.07. The first kappa shape index (κ1) is 9.07. The number of halogens is 2. The molecule has 2 aromatic rings. The van der Waals surface area contributed by atoms with Crippen molar-refractivity contribution in [2.45, 2.75) is 0 Å². The second-order valence-corrected chi connectivity index (χ2v) is 4.13. The summed E-state index contributed by atoms with van der Waals surface area (Å²) in [5, 5.41) is 6.43. The molecule has 0 atom stereocenters. The van der Waals surface area contributed by atoms with E-state index in [-0.39, 0.29) is 0 Å². The lowest BCUT2D eigenvalue weighted by atomic mass is 10.1. The zero-order valence-electron chi connectivity index (χ0n) is 6.55. The third-order valence-electron chi connectivity index (χ3n) is 1.71. The van der Waals surface area contributed by atoms with Crippen LogP contribution in [0.1, 0.15) is 0 Å². The molecule has 0 aliphatic carbocycles. The SMILES string of the molecule is Clc1ccc(Cl)c(-c2c[c]sc2)c1. The standard InChI is InChI=1S/C10H5Cl2S/c11-8-1-2-10(12)9(5-8)7-3-4-13-6-7/h1-3,5-6H. The molecule has 1 aromatic heterocycles. The molecule has 2 rings (SSSR count). The van der Waals surface area contributed by atoms with E-state index in [0.717, 1.165) is 16.1 Å². The lowest BCUT2D eigenvalue weighted by Crippen LogP contribution is -1.75. The summed E-state index contributed by atoms with van der Waals surface area (Å²) in [5.74, 6) is 0. The van der Waals surface area contributed by atoms with Gasteiger partial charge in [0.1, 0.15) is 0 Å². The molecular formula is C10H5Cl2S. The molecule has 13 heavy (non-hydrogen) atoms. The van der Waals surface area contributed by atoms with Crippen LogP contribution < -0.4 is 0 Å². The Morgan fingerprint density at radius 3 is 2.77 bits per heavy atom. The first-order chi connectivity index (χ1) is 6.27. The molecule has 1 heterocycles. The molecule has 1 radical (unpaired) electrons. The third kappa shape index (κ3) is 1.88. The molecule has 0 bridgehead atoms. The summed E-state index contributed by atoms with van der Waals surface area (Å²) in [6.45, 7) is 0. The molecule has 0 N–H and O–H groups in total. The Labute approximate surface area is 90.7 Å². The van der Waals surface area contributed by atoms with Crippen LogP contribution in [0.2, 0.25) is 10.0 Å². The highest BCUT2D eigenvalue weighted by Gasteiger charge is 2.03. The minimum Gasteiger partial charge on any atom is -0.142 e. The van der Waals surface area contributed by atoms with Gasteiger partial charge >= 0.3 is 0 Å². The second kappa shape index (κ2) is 3.70. The Hall–Kier alpha value is -0.500. The van der Waals surface area contributed by atoms with Gasteiger partial charge in [0.15, 0.2) is 0 Å². The van der Waals surface area contributed by atoms with E-state index in [0.29, 0.717) is 5.02 Å². The van der Waals surface area contributed by atoms with Crippen LogP contribution in [-0.4, -0.2) is 0 Å². The summed E-state index contributed by atoms with van der Waals surface area (Å²) in [6, 6.07) is 7.35. The van der Waals surface area contributed by atoms with Crippen molar-refractivity contribution in [2.24, 2.45) is 0 Å². The van der Waals surface area contributed by atoms with Crippen LogP contribution >= 0.6 is 34.5 Å². The van der Waals surface area contributed by atoms with Crippen molar-refractivity contribution in [3.63, 3.8) is 0 Å². The monoisotopic (exact) mass is 227 g/mol. The van der Waals surface area contributed by atoms with Crippen LogP contribution in [0.5, 0.6) is 0 Å². The Morgan fingerprint density at radius 1 is 1.23 bits per heavy atom. The molecule has 0 nitrogen and oxygen atoms in total. The molecule has 0 aliphatic heterocycles. The maximum absolute atomic E-state index is 6.02. The molecule has 1 aromatic carbocycles. The van der Waals surface area contributed by atoms with E-state index in [9.17, 15) is 0 Å². The van der Waals surface area contributed by atoms with Crippen molar-refractivity contribution in [3.05, 3.63) is 45.1 Å². The van der Waals surface area contributed by atoms with Gasteiger partial charge in [-0.1, -0.05) is 23.2 Å². The highest BCUT2D eigenvalue weighted by Crippen LogP contribution is 2.31. The molecule has 0 saturated heterocycles. The first-order valence-corrected chi connectivity index (χ1v) is 5.31. The lowest BCUT2D eigenvalue weighted by molar-refractivity contribution is 1.67. The van der Waals surface area contributed by atoms with Gasteiger partial charge in [0.25, 0.3) is 0 Å². The minimum absolute atomic E-state index is 0.700. The fourth-order valence-corrected chi connectivity index (χ4v) is 2.07. The van der Waals surface area contributed by atoms with Crippen molar-refractivity contribution in [2.75, 3.05) is 0 Å². The molecule has 0 aliphatic rings. The fraction of sp³-hybridized carbons (Fsp3) is 0. The average molecular weight is 228 g/mol. The Morgan fingerprint density at radius 2 is 2.08 bits per heavy atom. The predicted molar refractivity (Wildman–Crippen MR) is 58.6 cm³/mol. The van der Waals surface area contributed by atoms with Crippen LogP contribution in [-0.2, 0) is 0 Å². The summed E-state index contributed by atoms with van der Waals surface area (Å²) in [5.41, 5.74) is 2.03. The van der Waals surface area contributed by atoms with Crippen molar-refractivity contribution >= 4 is 34.5 Å². The summed E-state index contributed by atoms with van der Waals surface area (Å²) in [4.78, 5) is 0. The molecule has 65 valence electrons. The van der Waals surface area contributed by atoms with Crippen LogP contribution in [0.15, 0.2) is 29.6 Å². The van der Waals surface area contributed by atoms with Crippen molar-refractivity contribution in [1.29, 1.82) is 0 Å². The van der Waals surface area contributed by atoms with Crippen LogP contribution in [0.4, 0.5) is 0 Å². The number of rotatable bonds is 1. The van der Waals surface area contributed by atoms with E-state index < -0.39 is 0 Å². The van der Waals surface area contributed by atoms with E-state index in [4.69, 9.17) is 23.2 Å². The van der Waals surface area contributed by atoms with Crippen LogP contribution in [0.25, 0.3) is 11.1 Å². The van der Waals surface area contributed by atoms with Crippen molar-refractivity contribution < 1.29 is 0 Å². The van der Waals surface area contributed by atoms with Gasteiger partial charge in [0, 0.05) is 21.0 Å². The van der Waals surface area contributed by atoms with Crippen molar-refractivity contribution in [3.8, 4) is 11.1 Å². The van der Waals surface area contributed by atoms with Crippen LogP contribution in [0.3, 0.4) is 0 Å². The van der Waals surface area contributed by atoms with Gasteiger partial charge in [-0.25, -0.2) is 0 Å². The molecule has 0 amide bonds. The van der Waals surface area contributed by atoms with Crippen molar-refractivity contribution in [1.82, 2.24) is 0 Å². The number of hydrogen-bond donors (Lipinski definition) is 0. The van der Waals surface area contributed by atoms with E-state index in [1.807, 2.05) is 17.5 Å². The predicted octanol–water partition coefficient (Wildman–Crippen LogP) is 4.52. The molecule has 0 spiro atoms. The lowest BCUT2D eigenvalue weighted by Gasteiger charge is -2.01. The minimum atomic E-state index is 0.700. The zero-order valence-corrected chi connectivity index (χ0v) is 8.88. The highest BCUT2D eigenvalue weighted by atomic mass is 35.5. The average Bonchev–Trinajstić information content (AvgIpc) is 2.61. The summed E-state index contributed by atoms with van der Waals surface area (Å²) in [7, 11) is 0. The first-order valence-electron chi connectivity index (χ1n) is 3.67. The topological polar surface area (TPSA) is 0 Å². The maximum atomic E-state index is 6.02. The Kier molecular flexibility index (Phi) is 2.58. The summed E-state index contributed by atoms with van der Waals surface area (Å²) < 4.78 is 0. The number of benzene rings is 1. The quantitative estimate of drug-likeness (QED) is 0.673. The number of hydrogen-bond acceptors (Lipinski definition) is 1. The summed E-state index contributed by atoms with van der Waals surface area (Å²) in [6.07, 6.45) is 0.